The summed E-state index contributed by atoms with van der Waals surface area (Å²) < 4.78 is 35.1. The van der Waals surface area contributed by atoms with Crippen molar-refractivity contribution < 1.29 is 51.5 Å². The Morgan fingerprint density at radius 1 is 1.28 bits per heavy atom. The van der Waals surface area contributed by atoms with Crippen molar-refractivity contribution in [1.29, 1.82) is 0 Å². The Bertz CT molecular complexity index is 860. The number of rotatable bonds is 2. The molecule has 1 aromatic carbocycles. The second-order valence-electron chi connectivity index (χ2n) is 7.30. The van der Waals surface area contributed by atoms with E-state index < -0.39 is 10.4 Å². The van der Waals surface area contributed by atoms with Crippen LogP contribution in [-0.4, -0.2) is 18.8 Å². The topological polar surface area (TPSA) is 80.7 Å². The Kier molecular flexibility index (Phi) is 4.97. The van der Waals surface area contributed by atoms with Gasteiger partial charge in [0.05, 0.1) is 0 Å². The number of benzene rings is 1. The number of Topliss-reactive ketones (excluding diaryl/α,β-unsaturated/α-hetero) is 1. The molecule has 0 heterocycles. The zero-order chi connectivity index (χ0) is 17.1. The van der Waals surface area contributed by atoms with Gasteiger partial charge in [-0.3, -0.25) is 9.35 Å². The van der Waals surface area contributed by atoms with E-state index in [1.165, 1.54) is 11.1 Å². The first-order chi connectivity index (χ1) is 11.3. The number of allylic oxidation sites excluding steroid dienone is 2. The Morgan fingerprint density at radius 3 is 2.76 bits per heavy atom. The molecule has 5 nitrogen and oxygen atoms in total. The predicted molar refractivity (Wildman–Crippen MR) is 88.2 cm³/mol. The van der Waals surface area contributed by atoms with Gasteiger partial charge in [0.1, 0.15) is 11.5 Å². The number of hydrogen-bond acceptors (Lipinski definition) is 4. The number of ketones is 1. The molecule has 2 fully saturated rings. The summed E-state index contributed by atoms with van der Waals surface area (Å²) in [6.45, 7) is 2.11. The summed E-state index contributed by atoms with van der Waals surface area (Å²) in [6, 6.07) is 5.17. The number of carbonyl (C=O) groups is 1. The van der Waals surface area contributed by atoms with E-state index in [0.717, 1.165) is 24.8 Å². The van der Waals surface area contributed by atoms with E-state index in [0.29, 0.717) is 30.5 Å². The monoisotopic (exact) mass is 371 g/mol. The predicted octanol–water partition coefficient (Wildman–Crippen LogP) is 0.218. The fraction of sp³-hybridized carbons (Fsp3) is 0.500. The summed E-state index contributed by atoms with van der Waals surface area (Å²) in [5, 5.41) is 0. The van der Waals surface area contributed by atoms with Crippen LogP contribution in [0.25, 0.3) is 0 Å². The van der Waals surface area contributed by atoms with E-state index in [1.54, 1.807) is 12.1 Å². The summed E-state index contributed by atoms with van der Waals surface area (Å²) in [5.41, 5.74) is 3.40. The van der Waals surface area contributed by atoms with Crippen LogP contribution < -0.4 is 33.7 Å². The van der Waals surface area contributed by atoms with E-state index in [2.05, 4.69) is 17.2 Å². The van der Waals surface area contributed by atoms with Crippen LogP contribution in [0.3, 0.4) is 0 Å². The molecule has 0 saturated heterocycles. The SMILES string of the molecule is C[C@]12CC[C@H]3C(=CCc4cc(OS(=O)(=O)O)ccc43)[C@@H]1CCC2=O.[Na+]. The molecule has 0 aromatic heterocycles. The van der Waals surface area contributed by atoms with Crippen LogP contribution in [0.4, 0.5) is 0 Å². The van der Waals surface area contributed by atoms with Crippen molar-refractivity contribution in [2.45, 2.75) is 44.9 Å². The van der Waals surface area contributed by atoms with E-state index in [-0.39, 0.29) is 40.7 Å². The first kappa shape index (κ1) is 19.1. The van der Waals surface area contributed by atoms with Crippen molar-refractivity contribution in [3.63, 3.8) is 0 Å². The molecule has 1 aromatic rings. The second kappa shape index (κ2) is 6.50. The van der Waals surface area contributed by atoms with Crippen molar-refractivity contribution in [3.8, 4) is 5.75 Å². The smallest absolute Gasteiger partial charge is 0.362 e. The molecule has 3 aliphatic carbocycles. The summed E-state index contributed by atoms with van der Waals surface area (Å²) in [6.07, 6.45) is 6.38. The van der Waals surface area contributed by atoms with Crippen LogP contribution >= 0.6 is 0 Å². The third-order valence-electron chi connectivity index (χ3n) is 6.07. The number of hydrogen-bond donors (Lipinski definition) is 1. The Hall–Kier alpha value is -0.660. The van der Waals surface area contributed by atoms with E-state index in [9.17, 15) is 13.2 Å². The van der Waals surface area contributed by atoms with Crippen molar-refractivity contribution in [1.82, 2.24) is 0 Å². The van der Waals surface area contributed by atoms with Gasteiger partial charge in [0, 0.05) is 17.8 Å². The summed E-state index contributed by atoms with van der Waals surface area (Å²) in [7, 11) is -4.51. The molecule has 128 valence electrons. The van der Waals surface area contributed by atoms with Gasteiger partial charge in [-0.25, -0.2) is 0 Å². The van der Waals surface area contributed by atoms with Gasteiger partial charge in [-0.05, 0) is 54.9 Å². The molecule has 0 radical (unpaired) electrons. The van der Waals surface area contributed by atoms with Crippen LogP contribution in [0.1, 0.15) is 49.7 Å². The van der Waals surface area contributed by atoms with Gasteiger partial charge in [-0.1, -0.05) is 24.6 Å². The van der Waals surface area contributed by atoms with Crippen LogP contribution in [0.5, 0.6) is 5.75 Å². The maximum atomic E-state index is 12.3. The standard InChI is InChI=1S/C18H20O5S.Na/c1-18-9-8-14-13-5-3-12(23-24(20,21)22)10-11(13)2-4-15(14)16(18)6-7-17(18)19;/h3-5,10,14,16H,2,6-9H2,1H3,(H,20,21,22);/q;+1/t14-,16+,18+;/m1./s1. The summed E-state index contributed by atoms with van der Waals surface area (Å²) >= 11 is 0. The van der Waals surface area contributed by atoms with E-state index >= 15 is 0 Å². The van der Waals surface area contributed by atoms with E-state index in [4.69, 9.17) is 4.55 Å². The Balaban J connectivity index is 0.00000182. The minimum Gasteiger partial charge on any atom is -0.362 e. The van der Waals surface area contributed by atoms with Crippen molar-refractivity contribution in [2.24, 2.45) is 11.3 Å². The fourth-order valence-electron chi connectivity index (χ4n) is 4.90. The molecule has 3 atom stereocenters. The first-order valence-corrected chi connectivity index (χ1v) is 9.67. The molecule has 0 spiro atoms. The molecule has 1 N–H and O–H groups in total. The summed E-state index contributed by atoms with van der Waals surface area (Å²) in [4.78, 5) is 12.3. The molecule has 0 amide bonds. The number of carbonyl (C=O) groups excluding carboxylic acids is 1. The summed E-state index contributed by atoms with van der Waals surface area (Å²) in [5.74, 6) is 1.17. The molecule has 3 aliphatic rings. The average molecular weight is 371 g/mol. The van der Waals surface area contributed by atoms with Crippen LogP contribution in [0, 0.1) is 11.3 Å². The minimum absolute atomic E-state index is 0. The molecular formula is C18H20NaO5S+. The van der Waals surface area contributed by atoms with Gasteiger partial charge < -0.3 is 4.18 Å². The zero-order valence-corrected chi connectivity index (χ0v) is 17.3. The third-order valence-corrected chi connectivity index (χ3v) is 6.48. The van der Waals surface area contributed by atoms with Gasteiger partial charge in [-0.2, -0.15) is 8.42 Å². The van der Waals surface area contributed by atoms with Crippen molar-refractivity contribution >= 4 is 16.2 Å². The van der Waals surface area contributed by atoms with Crippen molar-refractivity contribution in [3.05, 3.63) is 41.0 Å². The van der Waals surface area contributed by atoms with Gasteiger partial charge in [-0.15, -0.1) is 0 Å². The quantitative estimate of drug-likeness (QED) is 0.457. The largest absolute Gasteiger partial charge is 1.00 e. The van der Waals surface area contributed by atoms with E-state index in [1.807, 2.05) is 6.07 Å². The van der Waals surface area contributed by atoms with Gasteiger partial charge in [0.25, 0.3) is 0 Å². The molecule has 25 heavy (non-hydrogen) atoms. The van der Waals surface area contributed by atoms with Gasteiger partial charge in [0.15, 0.2) is 0 Å². The fourth-order valence-corrected chi connectivity index (χ4v) is 5.24. The number of fused-ring (bicyclic) bond motifs is 5. The second-order valence-corrected chi connectivity index (χ2v) is 8.33. The maximum Gasteiger partial charge on any atom is 1.00 e. The third kappa shape index (κ3) is 3.23. The maximum absolute atomic E-state index is 12.3. The molecule has 0 unspecified atom stereocenters. The molecule has 0 bridgehead atoms. The Labute approximate surface area is 170 Å². The van der Waals surface area contributed by atoms with Gasteiger partial charge >= 0.3 is 40.0 Å². The van der Waals surface area contributed by atoms with Crippen LogP contribution in [0.2, 0.25) is 0 Å². The molecule has 4 rings (SSSR count). The molecular weight excluding hydrogens is 351 g/mol. The normalized spacial score (nSPS) is 30.5. The molecule has 7 heteroatoms. The molecule has 0 aliphatic heterocycles. The van der Waals surface area contributed by atoms with Crippen LogP contribution in [-0.2, 0) is 21.6 Å². The average Bonchev–Trinajstić information content (AvgIpc) is 2.81. The van der Waals surface area contributed by atoms with Gasteiger partial charge in [0.2, 0.25) is 0 Å². The van der Waals surface area contributed by atoms with Crippen LogP contribution in [0.15, 0.2) is 29.8 Å². The van der Waals surface area contributed by atoms with Crippen molar-refractivity contribution in [2.75, 3.05) is 0 Å². The first-order valence-electron chi connectivity index (χ1n) is 8.31. The Morgan fingerprint density at radius 2 is 2.04 bits per heavy atom. The molecule has 2 saturated carbocycles. The zero-order valence-electron chi connectivity index (χ0n) is 14.5. The minimum atomic E-state index is -4.51.